The standard InChI is InChI=1S/C25H30N6O2/c1-3-19-8-4-5-13-29(19)20-9-10-22-18(15-20)7-6-14-30(22)25(33)21-16-26-31(17(21)2)23-11-12-24(32)28-27-23/h9-12,15-16,19H,3-8,13-14H2,1-2H3,(H,28,32)/t19-/m1/s1. The number of aromatic amines is 1. The third-order valence-corrected chi connectivity index (χ3v) is 6.98. The summed E-state index contributed by atoms with van der Waals surface area (Å²) in [5.41, 5.74) is 4.47. The average Bonchev–Trinajstić information content (AvgIpc) is 3.24. The molecule has 2 aliphatic heterocycles. The molecule has 0 unspecified atom stereocenters. The maximum Gasteiger partial charge on any atom is 0.264 e. The zero-order chi connectivity index (χ0) is 22.9. The number of nitrogens with one attached hydrogen (secondary N) is 1. The number of rotatable bonds is 4. The number of nitrogens with zero attached hydrogens (tertiary/aromatic N) is 5. The van der Waals surface area contributed by atoms with E-state index >= 15 is 0 Å². The topological polar surface area (TPSA) is 87.1 Å². The van der Waals surface area contributed by atoms with Crippen LogP contribution in [0.3, 0.4) is 0 Å². The summed E-state index contributed by atoms with van der Waals surface area (Å²) in [4.78, 5) is 29.3. The lowest BCUT2D eigenvalue weighted by Gasteiger charge is -2.38. The molecule has 33 heavy (non-hydrogen) atoms. The van der Waals surface area contributed by atoms with E-state index in [2.05, 4.69) is 45.3 Å². The van der Waals surface area contributed by atoms with E-state index in [1.54, 1.807) is 16.9 Å². The fourth-order valence-electron chi connectivity index (χ4n) is 5.19. The quantitative estimate of drug-likeness (QED) is 0.661. The van der Waals surface area contributed by atoms with Crippen molar-refractivity contribution >= 4 is 17.3 Å². The molecule has 0 aliphatic carbocycles. The largest absolute Gasteiger partial charge is 0.369 e. The van der Waals surface area contributed by atoms with E-state index < -0.39 is 0 Å². The lowest BCUT2D eigenvalue weighted by molar-refractivity contribution is 0.0984. The first-order valence-corrected chi connectivity index (χ1v) is 11.9. The molecule has 8 nitrogen and oxygen atoms in total. The van der Waals surface area contributed by atoms with Crippen molar-refractivity contribution in [3.63, 3.8) is 0 Å². The minimum absolute atomic E-state index is 0.0544. The highest BCUT2D eigenvalue weighted by Gasteiger charge is 2.28. The molecule has 1 amide bonds. The van der Waals surface area contributed by atoms with Crippen molar-refractivity contribution in [2.24, 2.45) is 0 Å². The van der Waals surface area contributed by atoms with Gasteiger partial charge in [0.25, 0.3) is 11.5 Å². The van der Waals surface area contributed by atoms with E-state index in [4.69, 9.17) is 0 Å². The lowest BCUT2D eigenvalue weighted by Crippen LogP contribution is -2.39. The molecule has 1 N–H and O–H groups in total. The van der Waals surface area contributed by atoms with Gasteiger partial charge in [-0.25, -0.2) is 9.78 Å². The summed E-state index contributed by atoms with van der Waals surface area (Å²) in [6, 6.07) is 10.2. The van der Waals surface area contributed by atoms with E-state index in [0.717, 1.165) is 31.5 Å². The van der Waals surface area contributed by atoms with Crippen molar-refractivity contribution in [3.05, 3.63) is 63.7 Å². The molecule has 172 valence electrons. The van der Waals surface area contributed by atoms with E-state index in [-0.39, 0.29) is 11.5 Å². The molecule has 0 spiro atoms. The number of hydrogen-bond acceptors (Lipinski definition) is 5. The van der Waals surface area contributed by atoms with Crippen molar-refractivity contribution in [2.45, 2.75) is 58.4 Å². The summed E-state index contributed by atoms with van der Waals surface area (Å²) in [6.45, 7) is 5.92. The Bertz CT molecular complexity index is 1210. The molecule has 5 rings (SSSR count). The van der Waals surface area contributed by atoms with Crippen molar-refractivity contribution in [1.82, 2.24) is 20.0 Å². The van der Waals surface area contributed by atoms with Gasteiger partial charge in [-0.2, -0.15) is 10.2 Å². The minimum Gasteiger partial charge on any atom is -0.369 e. The first-order chi connectivity index (χ1) is 16.1. The van der Waals surface area contributed by atoms with Crippen LogP contribution in [0, 0.1) is 6.92 Å². The maximum atomic E-state index is 13.6. The highest BCUT2D eigenvalue weighted by atomic mass is 16.2. The summed E-state index contributed by atoms with van der Waals surface area (Å²) in [5, 5.41) is 10.8. The van der Waals surface area contributed by atoms with E-state index in [9.17, 15) is 9.59 Å². The fourth-order valence-corrected chi connectivity index (χ4v) is 5.19. The average molecular weight is 447 g/mol. The van der Waals surface area contributed by atoms with E-state index in [0.29, 0.717) is 29.7 Å². The molecule has 3 aromatic rings. The van der Waals surface area contributed by atoms with Crippen molar-refractivity contribution in [2.75, 3.05) is 22.9 Å². The van der Waals surface area contributed by atoms with Crippen LogP contribution < -0.4 is 15.4 Å². The molecular weight excluding hydrogens is 416 g/mol. The number of carbonyl (C=O) groups excluding carboxylic acids is 1. The van der Waals surface area contributed by atoms with Gasteiger partial charge in [0.15, 0.2) is 5.82 Å². The van der Waals surface area contributed by atoms with Crippen molar-refractivity contribution in [1.29, 1.82) is 0 Å². The second-order valence-corrected chi connectivity index (χ2v) is 8.96. The van der Waals surface area contributed by atoms with Crippen molar-refractivity contribution < 1.29 is 4.79 Å². The van der Waals surface area contributed by atoms with Gasteiger partial charge < -0.3 is 9.80 Å². The van der Waals surface area contributed by atoms with Gasteiger partial charge in [-0.15, -0.1) is 0 Å². The van der Waals surface area contributed by atoms with Gasteiger partial charge in [0.1, 0.15) is 0 Å². The molecule has 2 aromatic heterocycles. The van der Waals surface area contributed by atoms with Crippen LogP contribution in [0.5, 0.6) is 0 Å². The maximum absolute atomic E-state index is 13.6. The van der Waals surface area contributed by atoms with Crippen LogP contribution in [0.25, 0.3) is 5.82 Å². The number of fused-ring (bicyclic) bond motifs is 1. The Labute approximate surface area is 193 Å². The highest BCUT2D eigenvalue weighted by molar-refractivity contribution is 6.07. The molecule has 4 heterocycles. The molecule has 1 atom stereocenters. The normalized spacial score (nSPS) is 18.3. The first kappa shape index (κ1) is 21.4. The summed E-state index contributed by atoms with van der Waals surface area (Å²) in [6.07, 6.45) is 8.48. The van der Waals surface area contributed by atoms with Gasteiger partial charge in [-0.3, -0.25) is 9.59 Å². The Morgan fingerprint density at radius 2 is 2.03 bits per heavy atom. The molecule has 1 aromatic carbocycles. The van der Waals surface area contributed by atoms with E-state index in [1.165, 1.54) is 36.6 Å². The smallest absolute Gasteiger partial charge is 0.264 e. The fraction of sp³-hybridized carbons (Fsp3) is 0.440. The van der Waals surface area contributed by atoms with Crippen LogP contribution in [0.4, 0.5) is 11.4 Å². The predicted molar refractivity (Wildman–Crippen MR) is 128 cm³/mol. The van der Waals surface area contributed by atoms with Gasteiger partial charge in [0.2, 0.25) is 0 Å². The second kappa shape index (κ2) is 8.84. The number of benzene rings is 1. The lowest BCUT2D eigenvalue weighted by atomic mass is 9.96. The monoisotopic (exact) mass is 446 g/mol. The van der Waals surface area contributed by atoms with E-state index in [1.807, 2.05) is 11.8 Å². The summed E-state index contributed by atoms with van der Waals surface area (Å²) in [7, 11) is 0. The van der Waals surface area contributed by atoms with Gasteiger partial charge in [0, 0.05) is 36.6 Å². The zero-order valence-corrected chi connectivity index (χ0v) is 19.3. The number of amides is 1. The third kappa shape index (κ3) is 3.94. The highest BCUT2D eigenvalue weighted by Crippen LogP contribution is 2.35. The van der Waals surface area contributed by atoms with Crippen molar-refractivity contribution in [3.8, 4) is 5.82 Å². The van der Waals surface area contributed by atoms with Crippen LogP contribution in [0.2, 0.25) is 0 Å². The van der Waals surface area contributed by atoms with Crippen LogP contribution in [0.1, 0.15) is 60.6 Å². The summed E-state index contributed by atoms with van der Waals surface area (Å²) >= 11 is 0. The predicted octanol–water partition coefficient (Wildman–Crippen LogP) is 3.63. The Morgan fingerprint density at radius 1 is 1.15 bits per heavy atom. The van der Waals surface area contributed by atoms with Crippen LogP contribution in [-0.4, -0.2) is 45.0 Å². The number of hydrogen-bond donors (Lipinski definition) is 1. The first-order valence-electron chi connectivity index (χ1n) is 11.9. The van der Waals surface area contributed by atoms with Crippen LogP contribution >= 0.6 is 0 Å². The molecule has 1 fully saturated rings. The Kier molecular flexibility index (Phi) is 5.74. The molecule has 0 bridgehead atoms. The van der Waals surface area contributed by atoms with Gasteiger partial charge in [-0.05, 0) is 75.3 Å². The molecule has 0 saturated carbocycles. The Balaban J connectivity index is 1.43. The number of H-pyrrole nitrogens is 1. The third-order valence-electron chi connectivity index (χ3n) is 6.98. The minimum atomic E-state index is -0.279. The molecule has 8 heteroatoms. The van der Waals surface area contributed by atoms with Crippen LogP contribution in [-0.2, 0) is 6.42 Å². The Morgan fingerprint density at radius 3 is 2.82 bits per heavy atom. The summed E-state index contributed by atoms with van der Waals surface area (Å²) < 4.78 is 1.58. The van der Waals surface area contributed by atoms with Gasteiger partial charge in [-0.1, -0.05) is 6.92 Å². The number of carbonyl (C=O) groups is 1. The molecule has 0 radical (unpaired) electrons. The SMILES string of the molecule is CC[C@@H]1CCCCN1c1ccc2c(c1)CCCN2C(=O)c1cnn(-c2ccc(=O)[nH]n2)c1C. The number of anilines is 2. The summed E-state index contributed by atoms with van der Waals surface area (Å²) in [5.74, 6) is 0.420. The molecule has 2 aliphatic rings. The van der Waals surface area contributed by atoms with Gasteiger partial charge >= 0.3 is 0 Å². The number of aryl methyl sites for hydroxylation is 1. The zero-order valence-electron chi connectivity index (χ0n) is 19.3. The van der Waals surface area contributed by atoms with Crippen LogP contribution in [0.15, 0.2) is 41.3 Å². The Hall–Kier alpha value is -3.42. The van der Waals surface area contributed by atoms with Gasteiger partial charge in [0.05, 0.1) is 17.5 Å². The number of piperidine rings is 1. The molecule has 1 saturated heterocycles. The molecular formula is C25H30N6O2. The second-order valence-electron chi connectivity index (χ2n) is 8.96. The number of aromatic nitrogens is 4.